The number of nitrogens with one attached hydrogen (secondary N) is 1. The summed E-state index contributed by atoms with van der Waals surface area (Å²) in [5.41, 5.74) is 3.66. The topological polar surface area (TPSA) is 12.0 Å². The maximum Gasteiger partial charge on any atom is 0.0412 e. The predicted octanol–water partition coefficient (Wildman–Crippen LogP) is 4.02. The summed E-state index contributed by atoms with van der Waals surface area (Å²) in [7, 11) is 0. The number of anilines is 1. The van der Waals surface area contributed by atoms with Gasteiger partial charge in [0.1, 0.15) is 0 Å². The van der Waals surface area contributed by atoms with Crippen LogP contribution in [0.25, 0.3) is 0 Å². The minimum atomic E-state index is 0.657. The summed E-state index contributed by atoms with van der Waals surface area (Å²) in [6.45, 7) is 9.58. The summed E-state index contributed by atoms with van der Waals surface area (Å²) in [5, 5.41) is 4.26. The van der Waals surface area contributed by atoms with Gasteiger partial charge in [-0.2, -0.15) is 0 Å². The van der Waals surface area contributed by atoms with Crippen molar-refractivity contribution in [3.05, 3.63) is 28.3 Å². The average molecular weight is 212 g/mol. The van der Waals surface area contributed by atoms with Crippen LogP contribution in [0.3, 0.4) is 0 Å². The summed E-state index contributed by atoms with van der Waals surface area (Å²) in [5.74, 6) is 0.657. The van der Waals surface area contributed by atoms with E-state index in [2.05, 4.69) is 33.0 Å². The van der Waals surface area contributed by atoms with Crippen molar-refractivity contribution in [2.24, 2.45) is 5.92 Å². The first-order chi connectivity index (χ1) is 6.50. The minimum absolute atomic E-state index is 0.657. The fourth-order valence-corrected chi connectivity index (χ4v) is 1.82. The highest BCUT2D eigenvalue weighted by atomic mass is 35.5. The summed E-state index contributed by atoms with van der Waals surface area (Å²) >= 11 is 5.96. The monoisotopic (exact) mass is 211 g/mol. The van der Waals surface area contributed by atoms with Crippen molar-refractivity contribution in [3.63, 3.8) is 0 Å². The van der Waals surface area contributed by atoms with Crippen molar-refractivity contribution >= 4 is 17.3 Å². The molecule has 0 radical (unpaired) electrons. The second-order valence-corrected chi connectivity index (χ2v) is 4.63. The Kier molecular flexibility index (Phi) is 3.82. The lowest BCUT2D eigenvalue weighted by Crippen LogP contribution is -2.10. The highest BCUT2D eigenvalue weighted by Gasteiger charge is 2.04. The smallest absolute Gasteiger partial charge is 0.0412 e. The van der Waals surface area contributed by atoms with Crippen molar-refractivity contribution in [2.45, 2.75) is 27.7 Å². The van der Waals surface area contributed by atoms with Crippen molar-refractivity contribution in [3.8, 4) is 0 Å². The van der Waals surface area contributed by atoms with Crippen molar-refractivity contribution in [1.29, 1.82) is 0 Å². The van der Waals surface area contributed by atoms with E-state index in [0.717, 1.165) is 11.6 Å². The Labute approximate surface area is 91.5 Å². The molecule has 0 unspecified atom stereocenters. The molecular weight excluding hydrogens is 194 g/mol. The van der Waals surface area contributed by atoms with Crippen LogP contribution >= 0.6 is 11.6 Å². The molecule has 0 bridgehead atoms. The first-order valence-electron chi connectivity index (χ1n) is 5.01. The number of hydrogen-bond acceptors (Lipinski definition) is 1. The van der Waals surface area contributed by atoms with Crippen molar-refractivity contribution in [2.75, 3.05) is 11.9 Å². The maximum absolute atomic E-state index is 5.96. The van der Waals surface area contributed by atoms with Gasteiger partial charge in [-0.05, 0) is 43.0 Å². The molecule has 0 saturated heterocycles. The molecule has 0 aromatic heterocycles. The third kappa shape index (κ3) is 2.91. The molecule has 1 aromatic carbocycles. The Morgan fingerprint density at radius 2 is 1.71 bits per heavy atom. The molecular formula is C12H18ClN. The lowest BCUT2D eigenvalue weighted by Gasteiger charge is -2.14. The van der Waals surface area contributed by atoms with E-state index in [1.807, 2.05) is 12.1 Å². The Hall–Kier alpha value is -0.690. The molecule has 2 heteroatoms. The zero-order valence-electron chi connectivity index (χ0n) is 9.32. The van der Waals surface area contributed by atoms with E-state index in [1.54, 1.807) is 0 Å². The highest BCUT2D eigenvalue weighted by Crippen LogP contribution is 2.24. The molecule has 1 rings (SSSR count). The van der Waals surface area contributed by atoms with Gasteiger partial charge in [0.15, 0.2) is 0 Å². The number of aryl methyl sites for hydroxylation is 2. The molecule has 14 heavy (non-hydrogen) atoms. The fraction of sp³-hybridized carbons (Fsp3) is 0.500. The van der Waals surface area contributed by atoms with Gasteiger partial charge < -0.3 is 5.32 Å². The van der Waals surface area contributed by atoms with Crippen LogP contribution in [0.5, 0.6) is 0 Å². The van der Waals surface area contributed by atoms with Gasteiger partial charge in [-0.3, -0.25) is 0 Å². The first kappa shape index (κ1) is 11.4. The molecule has 0 heterocycles. The first-order valence-corrected chi connectivity index (χ1v) is 5.39. The van der Waals surface area contributed by atoms with E-state index in [0.29, 0.717) is 5.92 Å². The van der Waals surface area contributed by atoms with Crippen LogP contribution in [0.2, 0.25) is 5.02 Å². The van der Waals surface area contributed by atoms with Crippen molar-refractivity contribution in [1.82, 2.24) is 0 Å². The van der Waals surface area contributed by atoms with Gasteiger partial charge in [0.25, 0.3) is 0 Å². The molecule has 0 saturated carbocycles. The van der Waals surface area contributed by atoms with Crippen LogP contribution < -0.4 is 5.32 Å². The van der Waals surface area contributed by atoms with E-state index in [4.69, 9.17) is 11.6 Å². The van der Waals surface area contributed by atoms with E-state index >= 15 is 0 Å². The quantitative estimate of drug-likeness (QED) is 0.796. The number of benzene rings is 1. The second kappa shape index (κ2) is 4.70. The molecule has 78 valence electrons. The number of halogens is 1. The summed E-state index contributed by atoms with van der Waals surface area (Å²) in [6.07, 6.45) is 0. The largest absolute Gasteiger partial charge is 0.384 e. The van der Waals surface area contributed by atoms with Gasteiger partial charge in [-0.15, -0.1) is 0 Å². The van der Waals surface area contributed by atoms with E-state index < -0.39 is 0 Å². The fourth-order valence-electron chi connectivity index (χ4n) is 1.50. The summed E-state index contributed by atoms with van der Waals surface area (Å²) in [4.78, 5) is 0. The number of rotatable bonds is 3. The maximum atomic E-state index is 5.96. The third-order valence-corrected chi connectivity index (χ3v) is 2.40. The van der Waals surface area contributed by atoms with Gasteiger partial charge in [0.2, 0.25) is 0 Å². The van der Waals surface area contributed by atoms with Crippen LogP contribution in [-0.4, -0.2) is 6.54 Å². The van der Waals surface area contributed by atoms with Crippen LogP contribution in [0, 0.1) is 19.8 Å². The normalized spacial score (nSPS) is 10.7. The molecule has 0 aliphatic heterocycles. The van der Waals surface area contributed by atoms with E-state index in [-0.39, 0.29) is 0 Å². The third-order valence-electron chi connectivity index (χ3n) is 2.18. The van der Waals surface area contributed by atoms with Gasteiger partial charge in [0.05, 0.1) is 0 Å². The lowest BCUT2D eigenvalue weighted by atomic mass is 10.1. The van der Waals surface area contributed by atoms with Gasteiger partial charge in [-0.25, -0.2) is 0 Å². The van der Waals surface area contributed by atoms with Gasteiger partial charge in [-0.1, -0.05) is 25.4 Å². The standard InChI is InChI=1S/C12H18ClN/c1-8(2)7-14-12-9(3)5-11(13)6-10(12)4/h5-6,8,14H,7H2,1-4H3. The Morgan fingerprint density at radius 3 is 2.14 bits per heavy atom. The number of hydrogen-bond donors (Lipinski definition) is 1. The molecule has 0 amide bonds. The highest BCUT2D eigenvalue weighted by molar-refractivity contribution is 6.30. The van der Waals surface area contributed by atoms with Gasteiger partial charge >= 0.3 is 0 Å². The molecule has 1 aromatic rings. The molecule has 0 atom stereocenters. The van der Waals surface area contributed by atoms with E-state index in [1.165, 1.54) is 16.8 Å². The average Bonchev–Trinajstić information content (AvgIpc) is 2.01. The summed E-state index contributed by atoms with van der Waals surface area (Å²) in [6, 6.07) is 3.99. The van der Waals surface area contributed by atoms with Crippen LogP contribution in [0.4, 0.5) is 5.69 Å². The molecule has 1 nitrogen and oxygen atoms in total. The Morgan fingerprint density at radius 1 is 1.21 bits per heavy atom. The van der Waals surface area contributed by atoms with Crippen molar-refractivity contribution < 1.29 is 0 Å². The zero-order chi connectivity index (χ0) is 10.7. The Balaban J connectivity index is 2.86. The Bertz CT molecular complexity index is 295. The van der Waals surface area contributed by atoms with Crippen LogP contribution in [0.15, 0.2) is 12.1 Å². The molecule has 0 fully saturated rings. The van der Waals surface area contributed by atoms with Gasteiger partial charge in [0, 0.05) is 17.3 Å². The minimum Gasteiger partial charge on any atom is -0.384 e. The SMILES string of the molecule is Cc1cc(Cl)cc(C)c1NCC(C)C. The van der Waals surface area contributed by atoms with Crippen LogP contribution in [0.1, 0.15) is 25.0 Å². The molecule has 0 spiro atoms. The second-order valence-electron chi connectivity index (χ2n) is 4.19. The molecule has 1 N–H and O–H groups in total. The lowest BCUT2D eigenvalue weighted by molar-refractivity contribution is 0.688. The predicted molar refractivity (Wildman–Crippen MR) is 64.3 cm³/mol. The van der Waals surface area contributed by atoms with Crippen LogP contribution in [-0.2, 0) is 0 Å². The van der Waals surface area contributed by atoms with E-state index in [9.17, 15) is 0 Å². The molecule has 0 aliphatic rings. The molecule has 0 aliphatic carbocycles. The zero-order valence-corrected chi connectivity index (χ0v) is 10.1. The summed E-state index contributed by atoms with van der Waals surface area (Å²) < 4.78 is 0.